The van der Waals surface area contributed by atoms with Crippen molar-refractivity contribution in [3.05, 3.63) is 35.9 Å². The molecule has 3 heteroatoms. The quantitative estimate of drug-likeness (QED) is 0.853. The van der Waals surface area contributed by atoms with E-state index in [-0.39, 0.29) is 5.60 Å². The van der Waals surface area contributed by atoms with Gasteiger partial charge < -0.3 is 14.8 Å². The Hall–Kier alpha value is -0.900. The number of hydrogen-bond acceptors (Lipinski definition) is 3. The van der Waals surface area contributed by atoms with Gasteiger partial charge in [-0.25, -0.2) is 0 Å². The molecule has 1 aliphatic heterocycles. The molecule has 1 N–H and O–H groups in total. The number of methoxy groups -OCH3 is 1. The Morgan fingerprint density at radius 2 is 2.16 bits per heavy atom. The zero-order valence-corrected chi connectivity index (χ0v) is 11.6. The zero-order chi connectivity index (χ0) is 13.1. The third-order valence-electron chi connectivity index (χ3n) is 4.40. The zero-order valence-electron chi connectivity index (χ0n) is 11.6. The minimum absolute atomic E-state index is 0.123. The van der Waals surface area contributed by atoms with Gasteiger partial charge in [0.2, 0.25) is 0 Å². The number of ether oxygens (including phenoxy) is 2. The van der Waals surface area contributed by atoms with Gasteiger partial charge in [-0.05, 0) is 24.3 Å². The number of rotatable bonds is 6. The van der Waals surface area contributed by atoms with E-state index in [4.69, 9.17) is 9.47 Å². The van der Waals surface area contributed by atoms with Crippen LogP contribution in [-0.4, -0.2) is 32.5 Å². The SMILES string of the molecule is COC1(CNC(c2ccccc2)C2CC2)CCOC1. The van der Waals surface area contributed by atoms with Crippen LogP contribution in [0.4, 0.5) is 0 Å². The van der Waals surface area contributed by atoms with Gasteiger partial charge >= 0.3 is 0 Å². The maximum Gasteiger partial charge on any atom is 0.106 e. The van der Waals surface area contributed by atoms with E-state index in [1.165, 1.54) is 18.4 Å². The molecule has 104 valence electrons. The standard InChI is InChI=1S/C16H23NO2/c1-18-16(9-10-19-12-16)11-17-15(14-7-8-14)13-5-3-2-4-6-13/h2-6,14-15,17H,7-12H2,1H3. The molecular formula is C16H23NO2. The minimum atomic E-state index is -0.123. The van der Waals surface area contributed by atoms with E-state index >= 15 is 0 Å². The molecule has 1 heterocycles. The molecule has 1 saturated heterocycles. The lowest BCUT2D eigenvalue weighted by molar-refractivity contribution is -0.0179. The van der Waals surface area contributed by atoms with Gasteiger partial charge in [0.1, 0.15) is 5.60 Å². The molecule has 1 aromatic rings. The summed E-state index contributed by atoms with van der Waals surface area (Å²) < 4.78 is 11.2. The fourth-order valence-corrected chi connectivity index (χ4v) is 2.90. The van der Waals surface area contributed by atoms with Gasteiger partial charge in [-0.2, -0.15) is 0 Å². The van der Waals surface area contributed by atoms with Crippen LogP contribution in [0.15, 0.2) is 30.3 Å². The summed E-state index contributed by atoms with van der Waals surface area (Å²) in [5.41, 5.74) is 1.28. The van der Waals surface area contributed by atoms with E-state index < -0.39 is 0 Å². The summed E-state index contributed by atoms with van der Waals surface area (Å²) in [5, 5.41) is 3.73. The molecular weight excluding hydrogens is 238 g/mol. The van der Waals surface area contributed by atoms with Gasteiger partial charge in [0.05, 0.1) is 6.61 Å². The Morgan fingerprint density at radius 3 is 2.74 bits per heavy atom. The molecule has 0 bridgehead atoms. The smallest absolute Gasteiger partial charge is 0.106 e. The molecule has 2 aliphatic rings. The van der Waals surface area contributed by atoms with Gasteiger partial charge in [0, 0.05) is 32.7 Å². The van der Waals surface area contributed by atoms with Crippen molar-refractivity contribution in [1.82, 2.24) is 5.32 Å². The van der Waals surface area contributed by atoms with Crippen LogP contribution in [0.2, 0.25) is 0 Å². The first-order chi connectivity index (χ1) is 9.33. The van der Waals surface area contributed by atoms with E-state index in [0.717, 1.165) is 25.5 Å². The molecule has 2 fully saturated rings. The Balaban J connectivity index is 1.66. The third-order valence-corrected chi connectivity index (χ3v) is 4.40. The molecule has 3 rings (SSSR count). The van der Waals surface area contributed by atoms with E-state index in [9.17, 15) is 0 Å². The van der Waals surface area contributed by atoms with E-state index in [1.807, 2.05) is 0 Å². The minimum Gasteiger partial charge on any atom is -0.378 e. The molecule has 19 heavy (non-hydrogen) atoms. The maximum atomic E-state index is 5.70. The van der Waals surface area contributed by atoms with E-state index in [0.29, 0.717) is 12.6 Å². The predicted molar refractivity (Wildman–Crippen MR) is 75.1 cm³/mol. The molecule has 0 aromatic heterocycles. The first kappa shape index (κ1) is 13.1. The van der Waals surface area contributed by atoms with Gasteiger partial charge in [0.15, 0.2) is 0 Å². The van der Waals surface area contributed by atoms with Gasteiger partial charge in [-0.3, -0.25) is 0 Å². The van der Waals surface area contributed by atoms with Crippen LogP contribution in [-0.2, 0) is 9.47 Å². The second kappa shape index (κ2) is 5.61. The second-order valence-electron chi connectivity index (χ2n) is 5.80. The van der Waals surface area contributed by atoms with Crippen LogP contribution in [0.5, 0.6) is 0 Å². The second-order valence-corrected chi connectivity index (χ2v) is 5.80. The average Bonchev–Trinajstić information content (AvgIpc) is 3.18. The monoisotopic (exact) mass is 261 g/mol. The summed E-state index contributed by atoms with van der Waals surface area (Å²) in [4.78, 5) is 0. The van der Waals surface area contributed by atoms with Crippen molar-refractivity contribution < 1.29 is 9.47 Å². The normalized spacial score (nSPS) is 28.5. The largest absolute Gasteiger partial charge is 0.378 e. The number of benzene rings is 1. The topological polar surface area (TPSA) is 30.5 Å². The molecule has 1 saturated carbocycles. The molecule has 1 aromatic carbocycles. The molecule has 0 radical (unpaired) electrons. The summed E-state index contributed by atoms with van der Waals surface area (Å²) in [5.74, 6) is 0.790. The van der Waals surface area contributed by atoms with E-state index in [1.54, 1.807) is 7.11 Å². The third kappa shape index (κ3) is 2.99. The van der Waals surface area contributed by atoms with Gasteiger partial charge in [-0.1, -0.05) is 30.3 Å². The van der Waals surface area contributed by atoms with Crippen LogP contribution >= 0.6 is 0 Å². The average molecular weight is 261 g/mol. The van der Waals surface area contributed by atoms with Crippen LogP contribution in [0.1, 0.15) is 30.9 Å². The molecule has 1 aliphatic carbocycles. The summed E-state index contributed by atoms with van der Waals surface area (Å²) in [6, 6.07) is 11.2. The molecule has 0 amide bonds. The number of hydrogen-bond donors (Lipinski definition) is 1. The highest BCUT2D eigenvalue weighted by Gasteiger charge is 2.38. The van der Waals surface area contributed by atoms with Crippen molar-refractivity contribution in [2.24, 2.45) is 5.92 Å². The first-order valence-corrected chi connectivity index (χ1v) is 7.24. The fraction of sp³-hybridized carbons (Fsp3) is 0.625. The summed E-state index contributed by atoms with van der Waals surface area (Å²) >= 11 is 0. The van der Waals surface area contributed by atoms with Crippen molar-refractivity contribution in [2.75, 3.05) is 26.9 Å². The van der Waals surface area contributed by atoms with Gasteiger partial charge in [0.25, 0.3) is 0 Å². The van der Waals surface area contributed by atoms with E-state index in [2.05, 4.69) is 35.6 Å². The number of nitrogens with one attached hydrogen (secondary N) is 1. The van der Waals surface area contributed by atoms with Crippen molar-refractivity contribution in [1.29, 1.82) is 0 Å². The summed E-state index contributed by atoms with van der Waals surface area (Å²) in [6.07, 6.45) is 3.66. The van der Waals surface area contributed by atoms with Crippen molar-refractivity contribution in [2.45, 2.75) is 30.9 Å². The van der Waals surface area contributed by atoms with Crippen molar-refractivity contribution in [3.63, 3.8) is 0 Å². The fourth-order valence-electron chi connectivity index (χ4n) is 2.90. The van der Waals surface area contributed by atoms with Crippen molar-refractivity contribution in [3.8, 4) is 0 Å². The Labute approximate surface area is 115 Å². The Bertz CT molecular complexity index is 396. The Kier molecular flexibility index (Phi) is 3.87. The van der Waals surface area contributed by atoms with Gasteiger partial charge in [-0.15, -0.1) is 0 Å². The van der Waals surface area contributed by atoms with Crippen LogP contribution in [0, 0.1) is 5.92 Å². The molecule has 2 atom stereocenters. The molecule has 2 unspecified atom stereocenters. The van der Waals surface area contributed by atoms with Crippen LogP contribution < -0.4 is 5.32 Å². The lowest BCUT2D eigenvalue weighted by Gasteiger charge is -2.29. The maximum absolute atomic E-state index is 5.70. The van der Waals surface area contributed by atoms with Crippen LogP contribution in [0.3, 0.4) is 0 Å². The van der Waals surface area contributed by atoms with Crippen LogP contribution in [0.25, 0.3) is 0 Å². The summed E-state index contributed by atoms with van der Waals surface area (Å²) in [6.45, 7) is 2.40. The lowest BCUT2D eigenvalue weighted by atomic mass is 9.99. The van der Waals surface area contributed by atoms with Crippen molar-refractivity contribution >= 4 is 0 Å². The highest BCUT2D eigenvalue weighted by Crippen LogP contribution is 2.41. The highest BCUT2D eigenvalue weighted by molar-refractivity contribution is 5.21. The molecule has 0 spiro atoms. The lowest BCUT2D eigenvalue weighted by Crippen LogP contribution is -2.44. The Morgan fingerprint density at radius 1 is 1.37 bits per heavy atom. The molecule has 3 nitrogen and oxygen atoms in total. The summed E-state index contributed by atoms with van der Waals surface area (Å²) in [7, 11) is 1.80. The predicted octanol–water partition coefficient (Wildman–Crippen LogP) is 2.53. The first-order valence-electron chi connectivity index (χ1n) is 7.24. The highest BCUT2D eigenvalue weighted by atomic mass is 16.5.